The third-order valence-corrected chi connectivity index (χ3v) is 4.07. The molecule has 1 saturated heterocycles. The third-order valence-electron chi connectivity index (χ3n) is 3.02. The number of nitrogens with one attached hydrogen (secondary N) is 2. The summed E-state index contributed by atoms with van der Waals surface area (Å²) < 4.78 is 27.3. The fraction of sp³-hybridized carbons (Fsp3) is 0.417. The molecule has 1 heterocycles. The highest BCUT2D eigenvalue weighted by Gasteiger charge is 2.19. The molecule has 0 spiro atoms. The lowest BCUT2D eigenvalue weighted by molar-refractivity contribution is 0.0793. The molecule has 2 N–H and O–H groups in total. The van der Waals surface area contributed by atoms with Gasteiger partial charge in [0.15, 0.2) is 0 Å². The molecule has 0 saturated carbocycles. The molecule has 1 aromatic rings. The average molecular weight is 283 g/mol. The minimum absolute atomic E-state index is 0.0528. The molecule has 19 heavy (non-hydrogen) atoms. The second kappa shape index (κ2) is 5.58. The molecule has 1 aliphatic heterocycles. The van der Waals surface area contributed by atoms with Crippen LogP contribution in [0.2, 0.25) is 0 Å². The zero-order valence-electron chi connectivity index (χ0n) is 10.7. The van der Waals surface area contributed by atoms with Gasteiger partial charge in [-0.2, -0.15) is 8.42 Å². The fourth-order valence-electron chi connectivity index (χ4n) is 2.02. The van der Waals surface area contributed by atoms with E-state index in [0.29, 0.717) is 11.3 Å². The van der Waals surface area contributed by atoms with Gasteiger partial charge in [-0.1, -0.05) is 6.07 Å². The summed E-state index contributed by atoms with van der Waals surface area (Å²) in [5.74, 6) is -0.0528. The maximum absolute atomic E-state index is 12.2. The van der Waals surface area contributed by atoms with E-state index >= 15 is 0 Å². The molecule has 1 fully saturated rings. The second-order valence-corrected chi connectivity index (χ2v) is 6.01. The van der Waals surface area contributed by atoms with Crippen molar-refractivity contribution in [3.63, 3.8) is 0 Å². The van der Waals surface area contributed by atoms with Crippen molar-refractivity contribution < 1.29 is 13.2 Å². The zero-order chi connectivity index (χ0) is 13.9. The molecule has 0 atom stereocenters. The molecule has 1 amide bonds. The van der Waals surface area contributed by atoms with Crippen molar-refractivity contribution in [3.05, 3.63) is 29.8 Å². The lowest BCUT2D eigenvalue weighted by Crippen LogP contribution is -2.28. The lowest BCUT2D eigenvalue weighted by Gasteiger charge is -2.15. The molecule has 1 aromatic carbocycles. The Morgan fingerprint density at radius 2 is 1.95 bits per heavy atom. The van der Waals surface area contributed by atoms with Crippen LogP contribution in [0.5, 0.6) is 0 Å². The SMILES string of the molecule is CNS(=O)(=O)Nc1cccc(C(=O)N2CCCC2)c1. The number of benzene rings is 1. The number of carbonyl (C=O) groups excluding carboxylic acids is 1. The molecular weight excluding hydrogens is 266 g/mol. The number of rotatable bonds is 4. The monoisotopic (exact) mass is 283 g/mol. The van der Waals surface area contributed by atoms with E-state index in [0.717, 1.165) is 25.9 Å². The minimum Gasteiger partial charge on any atom is -0.339 e. The molecule has 0 unspecified atom stereocenters. The number of nitrogens with zero attached hydrogens (tertiary/aromatic N) is 1. The summed E-state index contributed by atoms with van der Waals surface area (Å²) in [5.41, 5.74) is 0.873. The van der Waals surface area contributed by atoms with Crippen molar-refractivity contribution in [2.24, 2.45) is 0 Å². The van der Waals surface area contributed by atoms with Gasteiger partial charge >= 0.3 is 0 Å². The maximum Gasteiger partial charge on any atom is 0.298 e. The Bertz CT molecular complexity index is 565. The summed E-state index contributed by atoms with van der Waals surface area (Å²) >= 11 is 0. The van der Waals surface area contributed by atoms with E-state index in [1.165, 1.54) is 7.05 Å². The summed E-state index contributed by atoms with van der Waals surface area (Å²) in [6.45, 7) is 1.54. The number of anilines is 1. The Kier molecular flexibility index (Phi) is 4.06. The van der Waals surface area contributed by atoms with Crippen molar-refractivity contribution in [2.45, 2.75) is 12.8 Å². The topological polar surface area (TPSA) is 78.5 Å². The lowest BCUT2D eigenvalue weighted by atomic mass is 10.2. The Labute approximate surface area is 113 Å². The molecule has 0 aromatic heterocycles. The normalized spacial score (nSPS) is 15.5. The van der Waals surface area contributed by atoms with E-state index in [4.69, 9.17) is 0 Å². The molecule has 104 valence electrons. The summed E-state index contributed by atoms with van der Waals surface area (Å²) in [6.07, 6.45) is 2.05. The quantitative estimate of drug-likeness (QED) is 0.858. The second-order valence-electron chi connectivity index (χ2n) is 4.39. The van der Waals surface area contributed by atoms with Crippen molar-refractivity contribution >= 4 is 21.8 Å². The van der Waals surface area contributed by atoms with Gasteiger partial charge in [0, 0.05) is 25.7 Å². The van der Waals surface area contributed by atoms with Crippen LogP contribution in [0.4, 0.5) is 5.69 Å². The van der Waals surface area contributed by atoms with Crippen LogP contribution in [-0.2, 0) is 10.2 Å². The Morgan fingerprint density at radius 1 is 1.26 bits per heavy atom. The number of likely N-dealkylation sites (tertiary alicyclic amines) is 1. The van der Waals surface area contributed by atoms with Gasteiger partial charge in [-0.15, -0.1) is 0 Å². The van der Waals surface area contributed by atoms with E-state index in [1.54, 1.807) is 29.2 Å². The zero-order valence-corrected chi connectivity index (χ0v) is 11.5. The molecule has 2 rings (SSSR count). The molecule has 0 aliphatic carbocycles. The first-order valence-corrected chi connectivity index (χ1v) is 7.61. The molecule has 7 heteroatoms. The predicted octanol–water partition coefficient (Wildman–Crippen LogP) is 0.799. The van der Waals surface area contributed by atoms with E-state index in [1.807, 2.05) is 0 Å². The van der Waals surface area contributed by atoms with Crippen molar-refractivity contribution in [2.75, 3.05) is 24.9 Å². The molecule has 0 bridgehead atoms. The maximum atomic E-state index is 12.2. The van der Waals surface area contributed by atoms with E-state index in [-0.39, 0.29) is 5.91 Å². The van der Waals surface area contributed by atoms with Gasteiger partial charge in [0.1, 0.15) is 0 Å². The molecule has 1 aliphatic rings. The minimum atomic E-state index is -3.56. The average Bonchev–Trinajstić information content (AvgIpc) is 2.91. The van der Waals surface area contributed by atoms with Gasteiger partial charge in [-0.25, -0.2) is 4.72 Å². The van der Waals surface area contributed by atoms with Crippen LogP contribution in [0.25, 0.3) is 0 Å². The van der Waals surface area contributed by atoms with Crippen molar-refractivity contribution in [1.82, 2.24) is 9.62 Å². The van der Waals surface area contributed by atoms with Gasteiger partial charge in [0.05, 0.1) is 5.69 Å². The largest absolute Gasteiger partial charge is 0.339 e. The number of amides is 1. The summed E-state index contributed by atoms with van der Waals surface area (Å²) in [6, 6.07) is 6.51. The van der Waals surface area contributed by atoms with E-state index in [2.05, 4.69) is 9.44 Å². The number of hydrogen-bond acceptors (Lipinski definition) is 3. The number of hydrogen-bond donors (Lipinski definition) is 2. The van der Waals surface area contributed by atoms with Gasteiger partial charge in [0.25, 0.3) is 16.1 Å². The van der Waals surface area contributed by atoms with Crippen LogP contribution < -0.4 is 9.44 Å². The highest BCUT2D eigenvalue weighted by atomic mass is 32.2. The smallest absolute Gasteiger partial charge is 0.298 e. The summed E-state index contributed by atoms with van der Waals surface area (Å²) in [5, 5.41) is 0. The summed E-state index contributed by atoms with van der Waals surface area (Å²) in [4.78, 5) is 14.0. The van der Waals surface area contributed by atoms with Crippen molar-refractivity contribution in [3.8, 4) is 0 Å². The third kappa shape index (κ3) is 3.45. The molecular formula is C12H17N3O3S. The standard InChI is InChI=1S/C12H17N3O3S/c1-13-19(17,18)14-11-6-4-5-10(9-11)12(16)15-7-2-3-8-15/h4-6,9,13-14H,2-3,7-8H2,1H3. The first-order chi connectivity index (χ1) is 9.02. The Hall–Kier alpha value is -1.60. The first kappa shape index (κ1) is 13.8. The first-order valence-electron chi connectivity index (χ1n) is 6.12. The van der Waals surface area contributed by atoms with Gasteiger partial charge in [-0.3, -0.25) is 9.52 Å². The highest BCUT2D eigenvalue weighted by molar-refractivity contribution is 7.90. The van der Waals surface area contributed by atoms with Crippen LogP contribution in [0.3, 0.4) is 0 Å². The van der Waals surface area contributed by atoms with Crippen LogP contribution in [-0.4, -0.2) is 39.4 Å². The summed E-state index contributed by atoms with van der Waals surface area (Å²) in [7, 11) is -2.24. The predicted molar refractivity (Wildman–Crippen MR) is 73.2 cm³/mol. The van der Waals surface area contributed by atoms with Gasteiger partial charge in [-0.05, 0) is 31.0 Å². The molecule has 0 radical (unpaired) electrons. The van der Waals surface area contributed by atoms with Crippen LogP contribution in [0.1, 0.15) is 23.2 Å². The molecule has 6 nitrogen and oxygen atoms in total. The van der Waals surface area contributed by atoms with Crippen LogP contribution in [0, 0.1) is 0 Å². The number of carbonyl (C=O) groups is 1. The fourth-order valence-corrected chi connectivity index (χ4v) is 2.56. The van der Waals surface area contributed by atoms with Crippen molar-refractivity contribution in [1.29, 1.82) is 0 Å². The van der Waals surface area contributed by atoms with Crippen LogP contribution in [0.15, 0.2) is 24.3 Å². The van der Waals surface area contributed by atoms with Crippen LogP contribution >= 0.6 is 0 Å². The van der Waals surface area contributed by atoms with E-state index < -0.39 is 10.2 Å². The van der Waals surface area contributed by atoms with E-state index in [9.17, 15) is 13.2 Å². The Balaban J connectivity index is 2.17. The Morgan fingerprint density at radius 3 is 2.58 bits per heavy atom. The van der Waals surface area contributed by atoms with Gasteiger partial charge < -0.3 is 4.90 Å². The van der Waals surface area contributed by atoms with Gasteiger partial charge in [0.2, 0.25) is 0 Å². The highest BCUT2D eigenvalue weighted by Crippen LogP contribution is 2.16.